The second-order valence-electron chi connectivity index (χ2n) is 24.8. The summed E-state index contributed by atoms with van der Waals surface area (Å²) in [5.74, 6) is -0.884. The normalized spacial score (nSPS) is 12.4. The lowest BCUT2D eigenvalue weighted by Crippen LogP contribution is -2.30. The van der Waals surface area contributed by atoms with Crippen LogP contribution in [-0.4, -0.2) is 37.2 Å². The van der Waals surface area contributed by atoms with Crippen molar-refractivity contribution in [3.8, 4) is 0 Å². The molecule has 0 aromatic rings. The van der Waals surface area contributed by atoms with E-state index in [1.54, 1.807) is 0 Å². The molecule has 0 aliphatic rings. The van der Waals surface area contributed by atoms with Gasteiger partial charge in [-0.25, -0.2) is 0 Å². The van der Waals surface area contributed by atoms with E-state index in [2.05, 4.69) is 81.5 Å². The highest BCUT2D eigenvalue weighted by atomic mass is 16.6. The maximum atomic E-state index is 12.9. The monoisotopic (exact) mass is 1160 g/mol. The van der Waals surface area contributed by atoms with E-state index >= 15 is 0 Å². The van der Waals surface area contributed by atoms with Gasteiger partial charge in [-0.15, -0.1) is 0 Å². The van der Waals surface area contributed by atoms with Crippen LogP contribution >= 0.6 is 0 Å². The summed E-state index contributed by atoms with van der Waals surface area (Å²) in [4.78, 5) is 38.4. The molecule has 0 saturated carbocycles. The van der Waals surface area contributed by atoms with E-state index in [4.69, 9.17) is 14.2 Å². The second kappa shape index (κ2) is 71.6. The minimum atomic E-state index is -0.786. The molecule has 1 atom stereocenters. The van der Waals surface area contributed by atoms with Crippen molar-refractivity contribution >= 4 is 17.9 Å². The van der Waals surface area contributed by atoms with E-state index < -0.39 is 6.10 Å². The van der Waals surface area contributed by atoms with Gasteiger partial charge in [-0.2, -0.15) is 0 Å². The number of ether oxygens (including phenoxy) is 3. The molecule has 0 spiro atoms. The molecule has 0 amide bonds. The van der Waals surface area contributed by atoms with E-state index in [0.29, 0.717) is 19.3 Å². The number of hydrogen-bond acceptors (Lipinski definition) is 6. The number of hydrogen-bond donors (Lipinski definition) is 0. The standard InChI is InChI=1S/C77H140O6/c1-4-7-10-13-16-19-22-25-27-29-30-31-32-33-34-35-36-37-38-39-40-41-42-43-44-45-46-48-49-52-55-58-61-64-67-70-76(79)82-73-74(72-81-75(78)69-66-63-60-57-54-51-24-21-18-15-12-9-6-3)83-77(80)71-68-65-62-59-56-53-50-47-28-26-23-20-17-14-11-8-5-2/h8,11-12,15,17,20-21,24,26,28,74H,4-7,9-10,13-14,16,18-19,22-23,25,27,29-73H2,1-3H3/b11-8-,15-12-,20-17-,24-21-,28-26-. The van der Waals surface area contributed by atoms with E-state index in [1.165, 1.54) is 244 Å². The molecule has 0 rings (SSSR count). The second-order valence-corrected chi connectivity index (χ2v) is 24.8. The molecule has 0 aliphatic heterocycles. The summed E-state index contributed by atoms with van der Waals surface area (Å²) in [5, 5.41) is 0. The van der Waals surface area contributed by atoms with E-state index in [9.17, 15) is 14.4 Å². The molecule has 0 N–H and O–H groups in total. The summed E-state index contributed by atoms with van der Waals surface area (Å²) < 4.78 is 16.9. The largest absolute Gasteiger partial charge is 0.462 e. The molecular weight excluding hydrogens is 1020 g/mol. The maximum Gasteiger partial charge on any atom is 0.306 e. The van der Waals surface area contributed by atoms with Crippen LogP contribution in [-0.2, 0) is 28.6 Å². The Morgan fingerprint density at radius 1 is 0.253 bits per heavy atom. The summed E-state index contributed by atoms with van der Waals surface area (Å²) in [6, 6.07) is 0. The molecule has 6 heteroatoms. The van der Waals surface area contributed by atoms with Gasteiger partial charge < -0.3 is 14.2 Å². The highest BCUT2D eigenvalue weighted by Crippen LogP contribution is 2.19. The molecule has 0 heterocycles. The van der Waals surface area contributed by atoms with Gasteiger partial charge >= 0.3 is 17.9 Å². The number of carbonyl (C=O) groups is 3. The van der Waals surface area contributed by atoms with Gasteiger partial charge in [0, 0.05) is 19.3 Å². The molecule has 484 valence electrons. The number of unbranched alkanes of at least 4 members (excludes halogenated alkanes) is 47. The van der Waals surface area contributed by atoms with Gasteiger partial charge in [0.05, 0.1) is 0 Å². The average Bonchev–Trinajstić information content (AvgIpc) is 3.49. The van der Waals surface area contributed by atoms with Crippen LogP contribution in [0.4, 0.5) is 0 Å². The van der Waals surface area contributed by atoms with Crippen molar-refractivity contribution < 1.29 is 28.6 Å². The van der Waals surface area contributed by atoms with Crippen molar-refractivity contribution in [2.24, 2.45) is 0 Å². The maximum absolute atomic E-state index is 12.9. The number of carbonyl (C=O) groups excluding carboxylic acids is 3. The minimum Gasteiger partial charge on any atom is -0.462 e. The molecule has 0 radical (unpaired) electrons. The third-order valence-electron chi connectivity index (χ3n) is 16.5. The fourth-order valence-corrected chi connectivity index (χ4v) is 11.0. The molecule has 0 fully saturated rings. The van der Waals surface area contributed by atoms with Gasteiger partial charge in [0.1, 0.15) is 13.2 Å². The highest BCUT2D eigenvalue weighted by Gasteiger charge is 2.19. The Hall–Kier alpha value is -2.89. The van der Waals surface area contributed by atoms with Gasteiger partial charge in [-0.1, -0.05) is 358 Å². The Bertz CT molecular complexity index is 1470. The average molecular weight is 1160 g/mol. The third kappa shape index (κ3) is 69.8. The fraction of sp³-hybridized carbons (Fsp3) is 0.831. The van der Waals surface area contributed by atoms with Crippen LogP contribution < -0.4 is 0 Å². The lowest BCUT2D eigenvalue weighted by Gasteiger charge is -2.18. The molecule has 0 aromatic carbocycles. The van der Waals surface area contributed by atoms with Gasteiger partial charge in [-0.3, -0.25) is 14.4 Å². The molecule has 0 aliphatic carbocycles. The van der Waals surface area contributed by atoms with Gasteiger partial charge in [0.15, 0.2) is 6.10 Å². The molecule has 0 bridgehead atoms. The van der Waals surface area contributed by atoms with Crippen molar-refractivity contribution in [1.82, 2.24) is 0 Å². The van der Waals surface area contributed by atoms with Crippen LogP contribution in [0, 0.1) is 0 Å². The topological polar surface area (TPSA) is 78.9 Å². The zero-order valence-corrected chi connectivity index (χ0v) is 55.7. The highest BCUT2D eigenvalue weighted by molar-refractivity contribution is 5.71. The minimum absolute atomic E-state index is 0.0798. The molecule has 83 heavy (non-hydrogen) atoms. The Morgan fingerprint density at radius 2 is 0.494 bits per heavy atom. The first-order valence-electron chi connectivity index (χ1n) is 36.8. The Kier molecular flexibility index (Phi) is 69.1. The van der Waals surface area contributed by atoms with E-state index in [0.717, 1.165) is 109 Å². The molecule has 0 saturated heterocycles. The summed E-state index contributed by atoms with van der Waals surface area (Å²) in [7, 11) is 0. The van der Waals surface area contributed by atoms with Crippen LogP contribution in [0.15, 0.2) is 60.8 Å². The Morgan fingerprint density at radius 3 is 0.783 bits per heavy atom. The first kappa shape index (κ1) is 80.1. The molecular formula is C77H140O6. The lowest BCUT2D eigenvalue weighted by molar-refractivity contribution is -0.167. The SMILES string of the molecule is CC/C=C\C/C=C\C/C=C\CCCCCCCCCC(=O)OC(COC(=O)CCCCCCC/C=C\C/C=C\CCC)COC(=O)CCCCCCCCCCCCCCCCCCCCCCCCCCCCCCCCCCCCC. The van der Waals surface area contributed by atoms with Crippen LogP contribution in [0.3, 0.4) is 0 Å². The van der Waals surface area contributed by atoms with Crippen LogP contribution in [0.2, 0.25) is 0 Å². The van der Waals surface area contributed by atoms with Gasteiger partial charge in [0.2, 0.25) is 0 Å². The van der Waals surface area contributed by atoms with Crippen molar-refractivity contribution in [1.29, 1.82) is 0 Å². The van der Waals surface area contributed by atoms with Gasteiger partial charge in [0.25, 0.3) is 0 Å². The van der Waals surface area contributed by atoms with Crippen molar-refractivity contribution in [2.75, 3.05) is 13.2 Å². The van der Waals surface area contributed by atoms with Crippen LogP contribution in [0.1, 0.15) is 393 Å². The fourth-order valence-electron chi connectivity index (χ4n) is 11.0. The van der Waals surface area contributed by atoms with Gasteiger partial charge in [-0.05, 0) is 77.0 Å². The summed E-state index contributed by atoms with van der Waals surface area (Å²) >= 11 is 0. The number of esters is 3. The summed E-state index contributed by atoms with van der Waals surface area (Å²) in [5.41, 5.74) is 0. The zero-order chi connectivity index (χ0) is 59.9. The number of allylic oxidation sites excluding steroid dienone is 10. The summed E-state index contributed by atoms with van der Waals surface area (Å²) in [6.07, 6.45) is 92.9. The third-order valence-corrected chi connectivity index (χ3v) is 16.5. The van der Waals surface area contributed by atoms with Crippen molar-refractivity contribution in [3.05, 3.63) is 60.8 Å². The Balaban J connectivity index is 4.07. The van der Waals surface area contributed by atoms with Crippen molar-refractivity contribution in [2.45, 2.75) is 399 Å². The Labute approximate surface area is 517 Å². The van der Waals surface area contributed by atoms with E-state index in [1.807, 2.05) is 0 Å². The van der Waals surface area contributed by atoms with E-state index in [-0.39, 0.29) is 31.1 Å². The number of rotatable bonds is 68. The first-order chi connectivity index (χ1) is 41.0. The van der Waals surface area contributed by atoms with Crippen LogP contribution in [0.5, 0.6) is 0 Å². The smallest absolute Gasteiger partial charge is 0.306 e. The summed E-state index contributed by atoms with van der Waals surface area (Å²) in [6.45, 7) is 6.50. The predicted octanol–water partition coefficient (Wildman–Crippen LogP) is 25.5. The zero-order valence-electron chi connectivity index (χ0n) is 55.7. The quantitative estimate of drug-likeness (QED) is 0.0261. The molecule has 6 nitrogen and oxygen atoms in total. The predicted molar refractivity (Wildman–Crippen MR) is 362 cm³/mol. The molecule has 0 aromatic heterocycles. The first-order valence-corrected chi connectivity index (χ1v) is 36.8. The van der Waals surface area contributed by atoms with Crippen molar-refractivity contribution in [3.63, 3.8) is 0 Å². The molecule has 1 unspecified atom stereocenters. The van der Waals surface area contributed by atoms with Crippen LogP contribution in [0.25, 0.3) is 0 Å². The lowest BCUT2D eigenvalue weighted by atomic mass is 10.0.